The minimum atomic E-state index is -0.501. The van der Waals surface area contributed by atoms with Crippen molar-refractivity contribution < 1.29 is 9.53 Å². The van der Waals surface area contributed by atoms with Crippen molar-refractivity contribution in [2.75, 3.05) is 18.8 Å². The van der Waals surface area contributed by atoms with Gasteiger partial charge in [0.1, 0.15) is 11.4 Å². The van der Waals surface area contributed by atoms with Gasteiger partial charge < -0.3 is 10.5 Å². The third-order valence-electron chi connectivity index (χ3n) is 5.31. The summed E-state index contributed by atoms with van der Waals surface area (Å²) in [6, 6.07) is 12.7. The van der Waals surface area contributed by atoms with E-state index in [0.717, 1.165) is 43.1 Å². The van der Waals surface area contributed by atoms with Gasteiger partial charge in [-0.3, -0.25) is 4.90 Å². The number of likely N-dealkylation sites (tertiary alicyclic amines) is 1. The quantitative estimate of drug-likeness (QED) is 0.565. The smallest absolute Gasteiger partial charge is 0.331 e. The zero-order valence-corrected chi connectivity index (χ0v) is 18.3. The maximum atomic E-state index is 11.9. The molecular weight excluding hydrogens is 374 g/mol. The fourth-order valence-electron chi connectivity index (χ4n) is 3.79. The first kappa shape index (κ1) is 22.0. The summed E-state index contributed by atoms with van der Waals surface area (Å²) in [5.74, 6) is 0.930. The summed E-state index contributed by atoms with van der Waals surface area (Å²) in [4.78, 5) is 18.7. The number of nitrogen functional groups attached to an aromatic ring is 1. The molecule has 160 valence electrons. The van der Waals surface area contributed by atoms with Gasteiger partial charge in [-0.1, -0.05) is 30.3 Å². The maximum absolute atomic E-state index is 11.9. The molecule has 1 aliphatic rings. The highest BCUT2D eigenvalue weighted by molar-refractivity contribution is 5.87. The Balaban J connectivity index is 1.54. The minimum Gasteiger partial charge on any atom is -0.457 e. The average Bonchev–Trinajstić information content (AvgIpc) is 2.69. The summed E-state index contributed by atoms with van der Waals surface area (Å²) in [6.45, 7) is 8.47. The lowest BCUT2D eigenvalue weighted by molar-refractivity contribution is -0.148. The van der Waals surface area contributed by atoms with Crippen LogP contribution in [0.2, 0.25) is 0 Å². The minimum absolute atomic E-state index is 0.360. The molecule has 0 atom stereocenters. The molecule has 1 fully saturated rings. The summed E-state index contributed by atoms with van der Waals surface area (Å²) in [7, 11) is 0. The summed E-state index contributed by atoms with van der Waals surface area (Å²) < 4.78 is 5.31. The zero-order chi connectivity index (χ0) is 21.6. The largest absolute Gasteiger partial charge is 0.457 e. The van der Waals surface area contributed by atoms with E-state index in [-0.39, 0.29) is 5.97 Å². The van der Waals surface area contributed by atoms with Crippen LogP contribution in [-0.2, 0) is 22.5 Å². The van der Waals surface area contributed by atoms with Crippen LogP contribution in [0.4, 0.5) is 5.82 Å². The highest BCUT2D eigenvalue weighted by Crippen LogP contribution is 2.24. The Kier molecular flexibility index (Phi) is 7.27. The molecule has 5 nitrogen and oxygen atoms in total. The van der Waals surface area contributed by atoms with E-state index in [1.54, 1.807) is 12.3 Å². The number of benzene rings is 1. The Bertz CT molecular complexity index is 864. The standard InChI is InChI=1S/C25H33N3O2/c1-25(2,3)30-23(29)10-9-21-16-22(24(26)27-17-21)18-28-13-11-20(12-14-28)15-19-7-5-4-6-8-19/h4-10,16-17,20H,11-15,18H2,1-3H3,(H2,26,27)/b10-9+. The van der Waals surface area contributed by atoms with Crippen LogP contribution in [0.3, 0.4) is 0 Å². The van der Waals surface area contributed by atoms with Gasteiger partial charge >= 0.3 is 5.97 Å². The van der Waals surface area contributed by atoms with E-state index in [4.69, 9.17) is 10.5 Å². The van der Waals surface area contributed by atoms with Crippen molar-refractivity contribution in [3.63, 3.8) is 0 Å². The van der Waals surface area contributed by atoms with E-state index >= 15 is 0 Å². The maximum Gasteiger partial charge on any atom is 0.331 e. The predicted octanol–water partition coefficient (Wildman–Crippen LogP) is 4.47. The van der Waals surface area contributed by atoms with Crippen LogP contribution in [-0.4, -0.2) is 34.5 Å². The number of hydrogen-bond donors (Lipinski definition) is 1. The number of piperidine rings is 1. The van der Waals surface area contributed by atoms with Gasteiger partial charge in [0.2, 0.25) is 0 Å². The first-order valence-corrected chi connectivity index (χ1v) is 10.7. The van der Waals surface area contributed by atoms with Gasteiger partial charge in [0.25, 0.3) is 0 Å². The summed E-state index contributed by atoms with van der Waals surface area (Å²) in [5.41, 5.74) is 8.90. The van der Waals surface area contributed by atoms with Gasteiger partial charge in [-0.25, -0.2) is 9.78 Å². The number of pyridine rings is 1. The van der Waals surface area contributed by atoms with E-state index in [9.17, 15) is 4.79 Å². The Morgan fingerprint density at radius 2 is 1.93 bits per heavy atom. The molecule has 0 aliphatic carbocycles. The number of esters is 1. The van der Waals surface area contributed by atoms with Crippen molar-refractivity contribution in [3.8, 4) is 0 Å². The van der Waals surface area contributed by atoms with Gasteiger partial charge in [-0.15, -0.1) is 0 Å². The third-order valence-corrected chi connectivity index (χ3v) is 5.31. The number of aromatic nitrogens is 1. The van der Waals surface area contributed by atoms with Crippen LogP contribution < -0.4 is 5.73 Å². The first-order chi connectivity index (χ1) is 14.3. The molecule has 1 aromatic heterocycles. The van der Waals surface area contributed by atoms with Crippen molar-refractivity contribution in [1.29, 1.82) is 0 Å². The highest BCUT2D eigenvalue weighted by atomic mass is 16.6. The number of rotatable bonds is 6. The lowest BCUT2D eigenvalue weighted by Crippen LogP contribution is -2.34. The molecule has 0 amide bonds. The molecule has 2 N–H and O–H groups in total. The second-order valence-corrected chi connectivity index (χ2v) is 9.09. The Hall–Kier alpha value is -2.66. The van der Waals surface area contributed by atoms with Gasteiger partial charge in [-0.2, -0.15) is 0 Å². The molecule has 0 bridgehead atoms. The molecule has 0 unspecified atom stereocenters. The molecule has 5 heteroatoms. The molecule has 0 radical (unpaired) electrons. The number of hydrogen-bond acceptors (Lipinski definition) is 5. The second-order valence-electron chi connectivity index (χ2n) is 9.09. The van der Waals surface area contributed by atoms with Crippen LogP contribution >= 0.6 is 0 Å². The molecule has 30 heavy (non-hydrogen) atoms. The van der Waals surface area contributed by atoms with Gasteiger partial charge in [0, 0.05) is 24.4 Å². The van der Waals surface area contributed by atoms with Crippen LogP contribution in [0.25, 0.3) is 6.08 Å². The summed E-state index contributed by atoms with van der Waals surface area (Å²) in [5, 5.41) is 0. The Morgan fingerprint density at radius 1 is 1.23 bits per heavy atom. The predicted molar refractivity (Wildman–Crippen MR) is 122 cm³/mol. The zero-order valence-electron chi connectivity index (χ0n) is 18.3. The lowest BCUT2D eigenvalue weighted by Gasteiger charge is -2.32. The molecule has 0 spiro atoms. The van der Waals surface area contributed by atoms with E-state index < -0.39 is 5.60 Å². The van der Waals surface area contributed by atoms with Crippen molar-refractivity contribution in [1.82, 2.24) is 9.88 Å². The molecule has 2 heterocycles. The van der Waals surface area contributed by atoms with Crippen molar-refractivity contribution in [2.24, 2.45) is 5.92 Å². The molecule has 0 saturated carbocycles. The van der Waals surface area contributed by atoms with E-state index in [0.29, 0.717) is 5.82 Å². The van der Waals surface area contributed by atoms with E-state index in [1.165, 1.54) is 24.5 Å². The topological polar surface area (TPSA) is 68.4 Å². The van der Waals surface area contributed by atoms with Gasteiger partial charge in [0.05, 0.1) is 0 Å². The van der Waals surface area contributed by atoms with Gasteiger partial charge in [-0.05, 0) is 82.3 Å². The van der Waals surface area contributed by atoms with Gasteiger partial charge in [0.15, 0.2) is 0 Å². The van der Waals surface area contributed by atoms with Crippen LogP contribution in [0.1, 0.15) is 50.3 Å². The molecule has 1 saturated heterocycles. The lowest BCUT2D eigenvalue weighted by atomic mass is 9.90. The number of ether oxygens (including phenoxy) is 1. The molecule has 1 aromatic carbocycles. The summed E-state index contributed by atoms with van der Waals surface area (Å²) >= 11 is 0. The number of nitrogens with two attached hydrogens (primary N) is 1. The van der Waals surface area contributed by atoms with Crippen LogP contribution in [0.5, 0.6) is 0 Å². The number of nitrogens with zero attached hydrogens (tertiary/aromatic N) is 2. The molecular formula is C25H33N3O2. The molecule has 1 aliphatic heterocycles. The highest BCUT2D eigenvalue weighted by Gasteiger charge is 2.20. The average molecular weight is 408 g/mol. The van der Waals surface area contributed by atoms with E-state index in [1.807, 2.05) is 26.8 Å². The fraction of sp³-hybridized carbons (Fsp3) is 0.440. The number of carbonyl (C=O) groups is 1. The third kappa shape index (κ3) is 6.99. The SMILES string of the molecule is CC(C)(C)OC(=O)/C=C/c1cnc(N)c(CN2CCC(Cc3ccccc3)CC2)c1. The Labute approximate surface area is 179 Å². The monoisotopic (exact) mass is 407 g/mol. The second kappa shape index (κ2) is 9.90. The number of carbonyl (C=O) groups excluding carboxylic acids is 1. The van der Waals surface area contributed by atoms with Crippen molar-refractivity contribution >= 4 is 17.9 Å². The number of anilines is 1. The molecule has 3 rings (SSSR count). The normalized spacial score (nSPS) is 16.1. The summed E-state index contributed by atoms with van der Waals surface area (Å²) in [6.07, 6.45) is 8.41. The van der Waals surface area contributed by atoms with Crippen molar-refractivity contribution in [3.05, 3.63) is 65.4 Å². The molecule has 2 aromatic rings. The fourth-order valence-corrected chi connectivity index (χ4v) is 3.79. The van der Waals surface area contributed by atoms with E-state index in [2.05, 4.69) is 40.2 Å². The van der Waals surface area contributed by atoms with Crippen molar-refractivity contribution in [2.45, 2.75) is 52.2 Å². The van der Waals surface area contributed by atoms with Crippen LogP contribution in [0, 0.1) is 5.92 Å². The van der Waals surface area contributed by atoms with Crippen LogP contribution in [0.15, 0.2) is 48.7 Å². The first-order valence-electron chi connectivity index (χ1n) is 10.7. The Morgan fingerprint density at radius 3 is 2.60 bits per heavy atom.